The standard InChI is InChI=1S/C32H42N6O8.C16H19N5O4.C16H17N5O4.C9H7N3O.C8H4.C7H12N2O4.B8/c1-32(2,3)46-30(40)35-26(15-21-7-11-24(42-4)12-8-21)27(39)17-37(16-22-5-9-23(10-6-22)38-20-33-19-34-38)36-31(41)45-28-18-44-29-25(28)13-14-43-29;2*22-16(25-14-8-24-15-13(14)5-6-23-15)20-18-7-11-1-3-12(4-2-11)21-10-17-9-19-21;13-5-8-1-3-9(4-2-8)12-7-10-6-11-12;1-3-5-7-8-6-4-2;8-9-7(10)13-5-3-12-6-4(5)1-2-11-6;1-6(2)8(5)7(3)4/h5-12,19-20,25-29,39H,13-18H2,1-4H3,(H,35,40)(H,36,41);1-4,9-10,13-15,18H,5-8H2,(H,20,22);1-4,7,9-10,13-15H,5-6,8H2,(H,20,22);1-7H;1-2H2;4-6H,1-3,8H2,(H,9,10);/b;;18-7-;;;;/t25-,26-,27-,28?,29+;2*13-,14?,15+;;;4-,5-,6+;/m000..0./s1. The molecule has 4 aromatic heterocycles. The summed E-state index contributed by atoms with van der Waals surface area (Å²) in [7, 11) is 27.4. The Balaban J connectivity index is 0.000000169. The topological polar surface area (TPSA) is 489 Å². The van der Waals surface area contributed by atoms with Crippen LogP contribution in [0, 0.1) is 23.7 Å². The van der Waals surface area contributed by atoms with E-state index in [-0.39, 0.29) is 93.3 Å². The summed E-state index contributed by atoms with van der Waals surface area (Å²) in [6, 6.07) is 36.5. The van der Waals surface area contributed by atoms with Crippen LogP contribution in [0.4, 0.5) is 24.0 Å². The van der Waals surface area contributed by atoms with Crippen molar-refractivity contribution in [3.05, 3.63) is 247 Å². The predicted octanol–water partition coefficient (Wildman–Crippen LogP) is 3.94. The van der Waals surface area contributed by atoms with Gasteiger partial charge in [-0.05, 0) is 184 Å². The predicted molar refractivity (Wildman–Crippen MR) is 503 cm³/mol. The van der Waals surface area contributed by atoms with E-state index in [1.807, 2.05) is 115 Å². The van der Waals surface area contributed by atoms with Gasteiger partial charge in [-0.1, -0.05) is 60.0 Å². The Hall–Kier alpha value is -13.4. The highest BCUT2D eigenvalue weighted by atomic mass is 16.7. The molecule has 138 heavy (non-hydrogen) atoms. The van der Waals surface area contributed by atoms with Crippen molar-refractivity contribution in [2.45, 2.75) is 133 Å². The van der Waals surface area contributed by atoms with Gasteiger partial charge in [-0.25, -0.2) is 84.3 Å². The Kier molecular flexibility index (Phi) is 41.5. The van der Waals surface area contributed by atoms with Crippen LogP contribution in [0.25, 0.3) is 22.7 Å². The van der Waals surface area contributed by atoms with Gasteiger partial charge in [0.05, 0.1) is 125 Å². The van der Waals surface area contributed by atoms with Gasteiger partial charge in [0, 0.05) is 83.0 Å². The maximum absolute atomic E-state index is 13.2. The number of carbonyl (C=O) groups excluding carboxylic acids is 6. The van der Waals surface area contributed by atoms with Crippen LogP contribution in [0.3, 0.4) is 0 Å². The molecular weight excluding hydrogens is 1770 g/mol. The summed E-state index contributed by atoms with van der Waals surface area (Å²) in [6.07, 6.45) is 10.0. The summed E-state index contributed by atoms with van der Waals surface area (Å²) >= 11 is 0. The normalized spacial score (nSPS) is 21.0. The number of ether oxygens (including phenoxy) is 14. The summed E-state index contributed by atoms with van der Waals surface area (Å²) in [6.45, 7) is 16.4. The number of hydrogen-bond donors (Lipinski definition) is 8. The van der Waals surface area contributed by atoms with Gasteiger partial charge in [0.15, 0.2) is 25.2 Å². The van der Waals surface area contributed by atoms with E-state index in [0.29, 0.717) is 64.1 Å². The van der Waals surface area contributed by atoms with Gasteiger partial charge in [-0.3, -0.25) is 21.1 Å². The van der Waals surface area contributed by atoms with Crippen LogP contribution in [0.15, 0.2) is 225 Å². The van der Waals surface area contributed by atoms with Gasteiger partial charge >= 0.3 is 30.5 Å². The van der Waals surface area contributed by atoms with Gasteiger partial charge in [0.25, 0.3) is 0 Å². The number of hydrogen-bond acceptors (Lipinski definition) is 33. The summed E-state index contributed by atoms with van der Waals surface area (Å²) in [5.41, 5.74) is 34.0. The van der Waals surface area contributed by atoms with Crippen LogP contribution in [0.1, 0.15) is 79.1 Å². The van der Waals surface area contributed by atoms with E-state index in [1.54, 1.807) is 95.3 Å². The second-order valence-corrected chi connectivity index (χ2v) is 32.3. The first kappa shape index (κ1) is 105. The number of aldehydes is 1. The van der Waals surface area contributed by atoms with Crippen LogP contribution in [-0.2, 0) is 81.1 Å². The average molecular weight is 1880 g/mol. The number of amides is 5. The Morgan fingerprint density at radius 1 is 0.536 bits per heavy atom. The Labute approximate surface area is 803 Å². The van der Waals surface area contributed by atoms with Gasteiger partial charge in [-0.2, -0.15) is 25.5 Å². The lowest BCUT2D eigenvalue weighted by molar-refractivity contribution is -0.0909. The maximum Gasteiger partial charge on any atom is 0.428 e. The Morgan fingerprint density at radius 2 is 0.928 bits per heavy atom. The number of nitrogens with one attached hydrogen (secondary N) is 6. The average Bonchev–Trinajstić information content (AvgIpc) is 1.68. The fourth-order valence-electron chi connectivity index (χ4n) is 14.6. The summed E-state index contributed by atoms with van der Waals surface area (Å²) in [5, 5.41) is 36.1. The number of aliphatic hydroxyl groups excluding tert-OH is 1. The largest absolute Gasteiger partial charge is 0.497 e. The van der Waals surface area contributed by atoms with Crippen LogP contribution in [0.5, 0.6) is 5.75 Å². The molecule has 9 aromatic rings. The Bertz CT molecular complexity index is 5490. The number of alkyl carbamates (subject to hydrolysis) is 1. The number of benzene rings is 5. The number of carbonyl (C=O) groups is 6. The van der Waals surface area contributed by atoms with Crippen molar-refractivity contribution in [2.24, 2.45) is 34.6 Å². The van der Waals surface area contributed by atoms with Crippen molar-refractivity contribution in [1.29, 1.82) is 0 Å². The first-order valence-electron chi connectivity index (χ1n) is 43.7. The molecule has 3 unspecified atom stereocenters. The molecule has 12 heterocycles. The molecule has 0 bridgehead atoms. The third-order valence-electron chi connectivity index (χ3n) is 21.5. The second kappa shape index (κ2) is 54.5. The molecule has 17 rings (SSSR count). The molecule has 8 fully saturated rings. The van der Waals surface area contributed by atoms with Crippen molar-refractivity contribution in [3.63, 3.8) is 0 Å². The van der Waals surface area contributed by atoms with E-state index in [9.17, 15) is 33.9 Å². The van der Waals surface area contributed by atoms with Crippen molar-refractivity contribution in [2.75, 3.05) is 66.5 Å². The number of aromatic nitrogens is 12. The van der Waals surface area contributed by atoms with Gasteiger partial charge in [-0.15, -0.1) is 0 Å². The minimum Gasteiger partial charge on any atom is -0.497 e. The van der Waals surface area contributed by atoms with E-state index >= 15 is 0 Å². The minimum absolute atomic E-state index is 0.0268. The van der Waals surface area contributed by atoms with Crippen molar-refractivity contribution >= 4 is 101 Å². The zero-order valence-corrected chi connectivity index (χ0v) is 76.2. The van der Waals surface area contributed by atoms with Gasteiger partial charge in [0.1, 0.15) is 92.7 Å². The van der Waals surface area contributed by atoms with Crippen molar-refractivity contribution < 1.29 is 100 Å². The SMILES string of the molecule is C=C=C=C=C=C=C=C.COc1ccc(C[C@H](NC(=O)OC(C)(C)C)[C@@H](O)CN(Cc2ccc(-n3cncn3)cc2)NC(=O)OC2CO[C@H]3OCC[C@@H]23)cc1.NNC(=O)O[C@H]1CO[C@H]2OCC[C@H]21.O=C(N/N=C\c1ccc(-n2cncn2)cc1)OC1CO[C@H]2OCC[C@@H]12.O=C(NNCc1ccc(-n2cncn2)cc1)OC1CO[C@H]2OCC[C@@H]12.O=Cc1ccc(-n2cncn2)cc1.[B]B([B])B([B])B([B])[B]. The molecule has 10 radical (unpaired) electrons. The highest BCUT2D eigenvalue weighted by Gasteiger charge is 2.47. The van der Waals surface area contributed by atoms with Crippen molar-refractivity contribution in [3.8, 4) is 28.5 Å². The number of hydrazone groups is 1. The first-order chi connectivity index (χ1) is 66.8. The molecule has 708 valence electrons. The van der Waals surface area contributed by atoms with E-state index < -0.39 is 73.5 Å². The van der Waals surface area contributed by atoms with Crippen molar-refractivity contribution in [1.82, 2.24) is 96.5 Å². The van der Waals surface area contributed by atoms with Gasteiger partial charge < -0.3 is 76.7 Å². The number of hydrazine groups is 3. The molecule has 0 spiro atoms. The van der Waals surface area contributed by atoms with Crippen LogP contribution < -0.4 is 43.0 Å². The smallest absolute Gasteiger partial charge is 0.428 e. The third kappa shape index (κ3) is 33.5. The number of methoxy groups -OCH3 is 1. The lowest BCUT2D eigenvalue weighted by Gasteiger charge is -2.31. The van der Waals surface area contributed by atoms with Crippen LogP contribution in [-0.4, -0.2) is 304 Å². The minimum atomic E-state index is -1.13. The molecule has 0 aliphatic carbocycles. The lowest BCUT2D eigenvalue weighted by atomic mass is 8.68. The third-order valence-corrected chi connectivity index (χ3v) is 21.5. The molecule has 50 heteroatoms. The number of aliphatic hydroxyl groups is 1. The summed E-state index contributed by atoms with van der Waals surface area (Å²) < 4.78 is 82.2. The number of nitrogens with two attached hydrogens (primary N) is 1. The van der Waals surface area contributed by atoms with Crippen LogP contribution in [0.2, 0.25) is 0 Å². The molecule has 42 nitrogen and oxygen atoms in total. The van der Waals surface area contributed by atoms with E-state index in [1.165, 1.54) is 25.3 Å². The monoisotopic (exact) mass is 1880 g/mol. The number of rotatable bonds is 26. The molecule has 8 aliphatic heterocycles. The molecule has 5 amide bonds. The number of fused-ring (bicyclic) bond motifs is 4. The molecule has 8 aliphatic rings. The summed E-state index contributed by atoms with van der Waals surface area (Å²) in [4.78, 5) is 86.5. The van der Waals surface area contributed by atoms with E-state index in [2.05, 4.69) is 120 Å². The Morgan fingerprint density at radius 3 is 1.30 bits per heavy atom. The first-order valence-corrected chi connectivity index (χ1v) is 43.7. The number of nitrogens with zero attached hydrogens (tertiary/aromatic N) is 14. The molecule has 14 atom stereocenters. The highest BCUT2D eigenvalue weighted by Crippen LogP contribution is 2.37. The van der Waals surface area contributed by atoms with Gasteiger partial charge in [0.2, 0.25) is 0 Å². The molecule has 8 saturated heterocycles. The summed E-state index contributed by atoms with van der Waals surface area (Å²) in [5.74, 6) is 5.96. The zero-order valence-electron chi connectivity index (χ0n) is 76.2. The second-order valence-electron chi connectivity index (χ2n) is 32.3. The quantitative estimate of drug-likeness (QED) is 0.00556. The molecule has 0 saturated carbocycles. The highest BCUT2D eigenvalue weighted by molar-refractivity contribution is 7.89. The van der Waals surface area contributed by atoms with Crippen LogP contribution >= 0.6 is 0 Å². The fourth-order valence-corrected chi connectivity index (χ4v) is 14.6. The zero-order chi connectivity index (χ0) is 98.1. The van der Waals surface area contributed by atoms with E-state index in [0.717, 1.165) is 77.0 Å². The molecule has 5 aromatic carbocycles. The molecule has 9 N–H and O–H groups in total. The van der Waals surface area contributed by atoms with E-state index in [4.69, 9.17) is 111 Å². The molecular formula is C88H101B8N21O21. The fraction of sp³-hybridized carbons (Fsp3) is 0.398. The lowest BCUT2D eigenvalue weighted by Crippen LogP contribution is -2.54. The maximum atomic E-state index is 13.2.